The molecule has 0 bridgehead atoms. The lowest BCUT2D eigenvalue weighted by atomic mass is 9.86. The Hall–Kier alpha value is -1.31. The number of aliphatic imine (C=N–C) groups is 1. The van der Waals surface area contributed by atoms with Gasteiger partial charge in [-0.1, -0.05) is 37.6 Å². The maximum atomic E-state index is 11.8. The number of halogens is 1. The molecule has 2 N–H and O–H groups in total. The molecule has 1 heterocycles. The molecule has 0 unspecified atom stereocenters. The van der Waals surface area contributed by atoms with Crippen molar-refractivity contribution in [2.45, 2.75) is 26.7 Å². The van der Waals surface area contributed by atoms with Crippen molar-refractivity contribution in [2.75, 3.05) is 39.0 Å². The van der Waals surface area contributed by atoms with E-state index in [4.69, 9.17) is 11.6 Å². The molecule has 0 amide bonds. The van der Waals surface area contributed by atoms with Crippen LogP contribution in [0.2, 0.25) is 5.02 Å². The third kappa shape index (κ3) is 6.45. The van der Waals surface area contributed by atoms with Crippen LogP contribution < -0.4 is 10.6 Å². The van der Waals surface area contributed by atoms with Crippen molar-refractivity contribution in [1.29, 1.82) is 0 Å². The van der Waals surface area contributed by atoms with Gasteiger partial charge in [0, 0.05) is 38.2 Å². The fourth-order valence-electron chi connectivity index (χ4n) is 3.05. The quantitative estimate of drug-likeness (QED) is 0.543. The minimum absolute atomic E-state index is 0.0145. The Morgan fingerprint density at radius 3 is 2.73 bits per heavy atom. The molecule has 1 aromatic carbocycles. The van der Waals surface area contributed by atoms with Crippen molar-refractivity contribution in [1.82, 2.24) is 14.9 Å². The van der Waals surface area contributed by atoms with Gasteiger partial charge in [0.15, 0.2) is 5.96 Å². The summed E-state index contributed by atoms with van der Waals surface area (Å²) >= 11 is 6.06. The molecule has 1 fully saturated rings. The summed E-state index contributed by atoms with van der Waals surface area (Å²) in [5.74, 6) is 0.943. The lowest BCUT2D eigenvalue weighted by Crippen LogP contribution is -2.45. The van der Waals surface area contributed by atoms with Gasteiger partial charge in [-0.05, 0) is 36.0 Å². The van der Waals surface area contributed by atoms with Gasteiger partial charge in [0.25, 0.3) is 0 Å². The number of hydrogen-bond acceptors (Lipinski definition) is 3. The van der Waals surface area contributed by atoms with Crippen LogP contribution in [0.25, 0.3) is 0 Å². The lowest BCUT2D eigenvalue weighted by molar-refractivity contribution is 0.358. The normalized spacial score (nSPS) is 18.1. The molecule has 0 saturated carbocycles. The number of benzene rings is 1. The molecule has 1 saturated heterocycles. The van der Waals surface area contributed by atoms with Crippen molar-refractivity contribution in [3.05, 3.63) is 34.9 Å². The molecule has 0 radical (unpaired) electrons. The van der Waals surface area contributed by atoms with Gasteiger partial charge in [0.1, 0.15) is 0 Å². The van der Waals surface area contributed by atoms with E-state index < -0.39 is 10.0 Å². The van der Waals surface area contributed by atoms with E-state index >= 15 is 0 Å². The second-order valence-electron chi connectivity index (χ2n) is 7.39. The molecule has 2 rings (SSSR count). The average molecular weight is 401 g/mol. The fourth-order valence-corrected chi connectivity index (χ4v) is 4.79. The third-order valence-corrected chi connectivity index (χ3v) is 6.58. The van der Waals surface area contributed by atoms with Crippen LogP contribution in [0.1, 0.15) is 25.8 Å². The Balaban J connectivity index is 1.78. The van der Waals surface area contributed by atoms with Crippen LogP contribution in [0.5, 0.6) is 0 Å². The van der Waals surface area contributed by atoms with E-state index in [-0.39, 0.29) is 11.2 Å². The zero-order valence-electron chi connectivity index (χ0n) is 15.8. The number of nitrogens with zero attached hydrogens (tertiary/aromatic N) is 2. The predicted octanol–water partition coefficient (Wildman–Crippen LogP) is 2.11. The highest BCUT2D eigenvalue weighted by Gasteiger charge is 2.27. The molecule has 0 aromatic heterocycles. The summed E-state index contributed by atoms with van der Waals surface area (Å²) in [4.78, 5) is 4.22. The molecule has 6 nitrogen and oxygen atoms in total. The SMILES string of the molecule is CN=C(NCCN1CCCS1(=O)=O)NCC(C)(C)Cc1cccc(Cl)c1. The highest BCUT2D eigenvalue weighted by molar-refractivity contribution is 7.89. The highest BCUT2D eigenvalue weighted by Crippen LogP contribution is 2.22. The Morgan fingerprint density at radius 2 is 2.12 bits per heavy atom. The Labute approximate surface area is 162 Å². The van der Waals surface area contributed by atoms with Crippen LogP contribution in [0, 0.1) is 5.41 Å². The third-order valence-electron chi connectivity index (χ3n) is 4.39. The number of sulfonamides is 1. The topological polar surface area (TPSA) is 73.8 Å². The first kappa shape index (κ1) is 21.0. The first-order chi connectivity index (χ1) is 12.2. The maximum absolute atomic E-state index is 11.8. The summed E-state index contributed by atoms with van der Waals surface area (Å²) in [6, 6.07) is 7.92. The van der Waals surface area contributed by atoms with Gasteiger partial charge in [-0.25, -0.2) is 12.7 Å². The highest BCUT2D eigenvalue weighted by atomic mass is 35.5. The zero-order valence-corrected chi connectivity index (χ0v) is 17.3. The van der Waals surface area contributed by atoms with E-state index in [9.17, 15) is 8.42 Å². The molecule has 1 aliphatic heterocycles. The van der Waals surface area contributed by atoms with Crippen molar-refractivity contribution >= 4 is 27.6 Å². The van der Waals surface area contributed by atoms with E-state index in [2.05, 4.69) is 35.5 Å². The second-order valence-corrected chi connectivity index (χ2v) is 9.92. The van der Waals surface area contributed by atoms with Crippen molar-refractivity contribution in [3.8, 4) is 0 Å². The average Bonchev–Trinajstić information content (AvgIpc) is 2.89. The predicted molar refractivity (Wildman–Crippen MR) is 108 cm³/mol. The summed E-state index contributed by atoms with van der Waals surface area (Å²) in [5, 5.41) is 7.27. The monoisotopic (exact) mass is 400 g/mol. The van der Waals surface area contributed by atoms with Crippen LogP contribution >= 0.6 is 11.6 Å². The van der Waals surface area contributed by atoms with Crippen LogP contribution in [0.3, 0.4) is 0 Å². The van der Waals surface area contributed by atoms with Crippen LogP contribution in [0.15, 0.2) is 29.3 Å². The molecular weight excluding hydrogens is 372 g/mol. The minimum Gasteiger partial charge on any atom is -0.356 e. The molecule has 0 aliphatic carbocycles. The van der Waals surface area contributed by atoms with Crippen molar-refractivity contribution < 1.29 is 8.42 Å². The molecule has 0 spiro atoms. The summed E-state index contributed by atoms with van der Waals surface area (Å²) in [5.41, 5.74) is 1.21. The number of hydrogen-bond donors (Lipinski definition) is 2. The second kappa shape index (κ2) is 9.06. The summed E-state index contributed by atoms with van der Waals surface area (Å²) in [6.07, 6.45) is 1.61. The van der Waals surface area contributed by atoms with Crippen LogP contribution in [-0.4, -0.2) is 57.7 Å². The summed E-state index contributed by atoms with van der Waals surface area (Å²) in [7, 11) is -1.33. The first-order valence-electron chi connectivity index (χ1n) is 8.89. The van der Waals surface area contributed by atoms with E-state index in [0.29, 0.717) is 32.0 Å². The Morgan fingerprint density at radius 1 is 1.35 bits per heavy atom. The van der Waals surface area contributed by atoms with E-state index in [1.807, 2.05) is 18.2 Å². The summed E-state index contributed by atoms with van der Waals surface area (Å²) < 4.78 is 25.1. The van der Waals surface area contributed by atoms with Gasteiger partial charge in [-0.15, -0.1) is 0 Å². The largest absolute Gasteiger partial charge is 0.356 e. The van der Waals surface area contributed by atoms with Gasteiger partial charge in [0.2, 0.25) is 10.0 Å². The molecule has 0 atom stereocenters. The van der Waals surface area contributed by atoms with Crippen LogP contribution in [0.4, 0.5) is 0 Å². The van der Waals surface area contributed by atoms with Gasteiger partial charge in [0.05, 0.1) is 5.75 Å². The Bertz CT molecular complexity index is 734. The molecule has 146 valence electrons. The van der Waals surface area contributed by atoms with E-state index in [1.165, 1.54) is 9.87 Å². The number of nitrogens with one attached hydrogen (secondary N) is 2. The first-order valence-corrected chi connectivity index (χ1v) is 10.9. The minimum atomic E-state index is -3.04. The van der Waals surface area contributed by atoms with E-state index in [1.54, 1.807) is 7.05 Å². The molecule has 26 heavy (non-hydrogen) atoms. The standard InChI is InChI=1S/C18H29ClN4O2S/c1-18(2,13-15-6-4-7-16(19)12-15)14-22-17(20-3)21-8-10-23-9-5-11-26(23,24)25/h4,6-7,12H,5,8-11,13-14H2,1-3H3,(H2,20,21,22). The molecular formula is C18H29ClN4O2S. The van der Waals surface area contributed by atoms with Gasteiger partial charge >= 0.3 is 0 Å². The zero-order chi connectivity index (χ0) is 19.2. The Kier molecular flexibility index (Phi) is 7.32. The summed E-state index contributed by atoms with van der Waals surface area (Å²) in [6.45, 7) is 6.72. The molecule has 8 heteroatoms. The number of guanidine groups is 1. The van der Waals surface area contributed by atoms with Gasteiger partial charge < -0.3 is 10.6 Å². The molecule has 1 aromatic rings. The lowest BCUT2D eigenvalue weighted by Gasteiger charge is -2.26. The van der Waals surface area contributed by atoms with Gasteiger partial charge in [-0.2, -0.15) is 0 Å². The smallest absolute Gasteiger partial charge is 0.214 e. The van der Waals surface area contributed by atoms with E-state index in [0.717, 1.165) is 18.0 Å². The fraction of sp³-hybridized carbons (Fsp3) is 0.611. The van der Waals surface area contributed by atoms with Crippen molar-refractivity contribution in [3.63, 3.8) is 0 Å². The number of rotatable bonds is 7. The van der Waals surface area contributed by atoms with Crippen LogP contribution in [-0.2, 0) is 16.4 Å². The molecule has 1 aliphatic rings. The maximum Gasteiger partial charge on any atom is 0.214 e. The van der Waals surface area contributed by atoms with Crippen molar-refractivity contribution in [2.24, 2.45) is 10.4 Å². The van der Waals surface area contributed by atoms with Gasteiger partial charge in [-0.3, -0.25) is 4.99 Å².